The molecule has 0 fully saturated rings. The Bertz CT molecular complexity index is 420. The van der Waals surface area contributed by atoms with Crippen LogP contribution in [0.1, 0.15) is 5.56 Å². The van der Waals surface area contributed by atoms with Gasteiger partial charge in [-0.1, -0.05) is 6.07 Å². The zero-order valence-corrected chi connectivity index (χ0v) is 9.03. The van der Waals surface area contributed by atoms with Crippen LogP contribution in [0.4, 0.5) is 10.1 Å². The first-order valence-electron chi connectivity index (χ1n) is 5.11. The lowest BCUT2D eigenvalue weighted by molar-refractivity contribution is 0.316. The Kier molecular flexibility index (Phi) is 2.94. The van der Waals surface area contributed by atoms with Gasteiger partial charge in [-0.3, -0.25) is 0 Å². The average molecular weight is 223 g/mol. The zero-order chi connectivity index (χ0) is 11.5. The van der Waals surface area contributed by atoms with Crippen molar-refractivity contribution in [2.45, 2.75) is 13.0 Å². The van der Waals surface area contributed by atoms with E-state index < -0.39 is 0 Å². The molecule has 0 unspecified atom stereocenters. The molecule has 3 N–H and O–H groups in total. The van der Waals surface area contributed by atoms with Crippen molar-refractivity contribution in [2.24, 2.45) is 10.7 Å². The lowest BCUT2D eigenvalue weighted by atomic mass is 10.2. The average Bonchev–Trinajstić information content (AvgIpc) is 2.63. The molecular weight excluding hydrogens is 209 g/mol. The van der Waals surface area contributed by atoms with E-state index in [1.165, 1.54) is 6.07 Å². The Morgan fingerprint density at radius 1 is 1.62 bits per heavy atom. The summed E-state index contributed by atoms with van der Waals surface area (Å²) >= 11 is 0. The van der Waals surface area contributed by atoms with Crippen molar-refractivity contribution < 1.29 is 9.13 Å². The molecule has 0 amide bonds. The van der Waals surface area contributed by atoms with E-state index in [2.05, 4.69) is 10.3 Å². The Labute approximate surface area is 93.3 Å². The van der Waals surface area contributed by atoms with Crippen LogP contribution in [0.2, 0.25) is 0 Å². The summed E-state index contributed by atoms with van der Waals surface area (Å²) in [6.07, 6.45) is 0. The van der Waals surface area contributed by atoms with E-state index in [1.54, 1.807) is 6.07 Å². The highest BCUT2D eigenvalue weighted by Crippen LogP contribution is 2.15. The molecule has 0 saturated heterocycles. The molecule has 86 valence electrons. The number of aryl methyl sites for hydroxylation is 1. The van der Waals surface area contributed by atoms with Gasteiger partial charge >= 0.3 is 0 Å². The smallest absolute Gasteiger partial charge is 0.282 e. The number of halogens is 1. The van der Waals surface area contributed by atoms with E-state index >= 15 is 0 Å². The van der Waals surface area contributed by atoms with E-state index in [0.29, 0.717) is 18.8 Å². The van der Waals surface area contributed by atoms with E-state index in [9.17, 15) is 4.39 Å². The maximum absolute atomic E-state index is 13.4. The van der Waals surface area contributed by atoms with Crippen LogP contribution in [0.5, 0.6) is 0 Å². The quantitative estimate of drug-likeness (QED) is 0.811. The van der Waals surface area contributed by atoms with Crippen molar-refractivity contribution in [1.29, 1.82) is 0 Å². The van der Waals surface area contributed by atoms with Crippen molar-refractivity contribution in [3.8, 4) is 0 Å². The second-order valence-electron chi connectivity index (χ2n) is 3.80. The largest absolute Gasteiger partial charge is 0.463 e. The Hall–Kier alpha value is -1.78. The van der Waals surface area contributed by atoms with Gasteiger partial charge < -0.3 is 15.8 Å². The SMILES string of the molecule is Cc1ccc(NC[C@H]2COC(N)=N2)c(F)c1. The fraction of sp³-hybridized carbons (Fsp3) is 0.364. The third-order valence-electron chi connectivity index (χ3n) is 2.39. The molecule has 0 saturated carbocycles. The molecule has 0 aliphatic carbocycles. The number of nitrogens with one attached hydrogen (secondary N) is 1. The normalized spacial score (nSPS) is 19.1. The van der Waals surface area contributed by atoms with Crippen molar-refractivity contribution in [2.75, 3.05) is 18.5 Å². The fourth-order valence-electron chi connectivity index (χ4n) is 1.53. The number of hydrogen-bond acceptors (Lipinski definition) is 4. The Morgan fingerprint density at radius 2 is 2.44 bits per heavy atom. The minimum absolute atomic E-state index is 0.0410. The molecule has 1 heterocycles. The molecule has 4 nitrogen and oxygen atoms in total. The number of hydrogen-bond donors (Lipinski definition) is 2. The monoisotopic (exact) mass is 223 g/mol. The number of nitrogens with two attached hydrogens (primary N) is 1. The van der Waals surface area contributed by atoms with Gasteiger partial charge in [0.05, 0.1) is 5.69 Å². The van der Waals surface area contributed by atoms with E-state index in [4.69, 9.17) is 10.5 Å². The van der Waals surface area contributed by atoms with E-state index in [-0.39, 0.29) is 17.9 Å². The second-order valence-corrected chi connectivity index (χ2v) is 3.80. The number of amidine groups is 1. The third kappa shape index (κ3) is 2.42. The fourth-order valence-corrected chi connectivity index (χ4v) is 1.53. The van der Waals surface area contributed by atoms with Crippen molar-refractivity contribution in [3.63, 3.8) is 0 Å². The summed E-state index contributed by atoms with van der Waals surface area (Å²) in [5, 5.41) is 2.98. The van der Waals surface area contributed by atoms with Gasteiger partial charge in [0.15, 0.2) is 0 Å². The maximum atomic E-state index is 13.4. The summed E-state index contributed by atoms with van der Waals surface area (Å²) in [6.45, 7) is 2.82. The van der Waals surface area contributed by atoms with Crippen LogP contribution in [-0.4, -0.2) is 25.2 Å². The van der Waals surface area contributed by atoms with E-state index in [0.717, 1.165) is 5.56 Å². The number of aliphatic imine (C=N–C) groups is 1. The van der Waals surface area contributed by atoms with Gasteiger partial charge in [-0.15, -0.1) is 0 Å². The highest BCUT2D eigenvalue weighted by atomic mass is 19.1. The summed E-state index contributed by atoms with van der Waals surface area (Å²) < 4.78 is 18.4. The molecule has 1 aromatic carbocycles. The van der Waals surface area contributed by atoms with Crippen molar-refractivity contribution >= 4 is 11.7 Å². The lowest BCUT2D eigenvalue weighted by Crippen LogP contribution is -2.19. The molecule has 0 bridgehead atoms. The van der Waals surface area contributed by atoms with Gasteiger partial charge in [0, 0.05) is 6.54 Å². The van der Waals surface area contributed by atoms with Crippen LogP contribution in [-0.2, 0) is 4.74 Å². The number of ether oxygens (including phenoxy) is 1. The molecule has 1 aromatic rings. The molecule has 1 aliphatic rings. The third-order valence-corrected chi connectivity index (χ3v) is 2.39. The maximum Gasteiger partial charge on any atom is 0.282 e. The number of anilines is 1. The van der Waals surface area contributed by atoms with Gasteiger partial charge in [0.1, 0.15) is 18.5 Å². The van der Waals surface area contributed by atoms with Crippen LogP contribution in [0.3, 0.4) is 0 Å². The number of benzene rings is 1. The topological polar surface area (TPSA) is 59.6 Å². The molecular formula is C11H14FN3O. The summed E-state index contributed by atoms with van der Waals surface area (Å²) in [4.78, 5) is 4.04. The standard InChI is InChI=1S/C11H14FN3O/c1-7-2-3-10(9(12)4-7)14-5-8-6-16-11(13)15-8/h2-4,8,14H,5-6H2,1H3,(H2,13,15)/t8-/m0/s1. The molecule has 0 radical (unpaired) electrons. The zero-order valence-electron chi connectivity index (χ0n) is 9.03. The van der Waals surface area contributed by atoms with Crippen LogP contribution in [0.25, 0.3) is 0 Å². The molecule has 0 aromatic heterocycles. The minimum Gasteiger partial charge on any atom is -0.463 e. The van der Waals surface area contributed by atoms with Crippen LogP contribution >= 0.6 is 0 Å². The first-order valence-corrected chi connectivity index (χ1v) is 5.11. The molecule has 5 heteroatoms. The highest BCUT2D eigenvalue weighted by Gasteiger charge is 2.16. The van der Waals surface area contributed by atoms with E-state index in [1.807, 2.05) is 13.0 Å². The summed E-state index contributed by atoms with van der Waals surface area (Å²) in [5.41, 5.74) is 6.75. The van der Waals surface area contributed by atoms with Gasteiger partial charge in [-0.25, -0.2) is 9.38 Å². The Morgan fingerprint density at radius 3 is 3.06 bits per heavy atom. The molecule has 2 rings (SSSR count). The number of rotatable bonds is 3. The molecule has 1 atom stereocenters. The molecule has 0 spiro atoms. The minimum atomic E-state index is -0.254. The van der Waals surface area contributed by atoms with Crippen LogP contribution < -0.4 is 11.1 Å². The van der Waals surface area contributed by atoms with Gasteiger partial charge in [0.25, 0.3) is 6.02 Å². The predicted molar refractivity (Wildman–Crippen MR) is 61.0 cm³/mol. The predicted octanol–water partition coefficient (Wildman–Crippen LogP) is 1.26. The van der Waals surface area contributed by atoms with Gasteiger partial charge in [-0.05, 0) is 24.6 Å². The Balaban J connectivity index is 1.95. The molecule has 16 heavy (non-hydrogen) atoms. The first kappa shape index (κ1) is 10.7. The lowest BCUT2D eigenvalue weighted by Gasteiger charge is -2.10. The van der Waals surface area contributed by atoms with Crippen molar-refractivity contribution in [1.82, 2.24) is 0 Å². The summed E-state index contributed by atoms with van der Waals surface area (Å²) in [7, 11) is 0. The number of nitrogens with zero attached hydrogens (tertiary/aromatic N) is 1. The van der Waals surface area contributed by atoms with Crippen molar-refractivity contribution in [3.05, 3.63) is 29.6 Å². The summed E-state index contributed by atoms with van der Waals surface area (Å²) in [5.74, 6) is -0.254. The van der Waals surface area contributed by atoms with Gasteiger partial charge in [-0.2, -0.15) is 0 Å². The van der Waals surface area contributed by atoms with Gasteiger partial charge in [0.2, 0.25) is 0 Å². The van der Waals surface area contributed by atoms with Crippen LogP contribution in [0, 0.1) is 12.7 Å². The molecule has 1 aliphatic heterocycles. The first-order chi connectivity index (χ1) is 7.65. The summed E-state index contributed by atoms with van der Waals surface area (Å²) in [6, 6.07) is 5.23. The highest BCUT2D eigenvalue weighted by molar-refractivity contribution is 5.73. The second kappa shape index (κ2) is 4.38. The van der Waals surface area contributed by atoms with Crippen LogP contribution in [0.15, 0.2) is 23.2 Å².